The molecule has 29 heavy (non-hydrogen) atoms. The average molecular weight is 408 g/mol. The zero-order valence-electron chi connectivity index (χ0n) is 17.1. The topological polar surface area (TPSA) is 64.1 Å². The predicted octanol–water partition coefficient (Wildman–Crippen LogP) is 5.27. The summed E-state index contributed by atoms with van der Waals surface area (Å²) in [5.74, 6) is 0.506. The minimum atomic E-state index is -0.493. The van der Waals surface area contributed by atoms with Crippen molar-refractivity contribution < 1.29 is 9.53 Å². The first kappa shape index (κ1) is 20.9. The Labute approximate surface area is 175 Å². The Hall–Kier alpha value is -2.86. The molecular weight excluding hydrogens is 382 g/mol. The van der Waals surface area contributed by atoms with Crippen molar-refractivity contribution in [2.75, 3.05) is 11.9 Å². The summed E-state index contributed by atoms with van der Waals surface area (Å²) in [7, 11) is 0. The van der Waals surface area contributed by atoms with Gasteiger partial charge in [-0.1, -0.05) is 54.2 Å². The van der Waals surface area contributed by atoms with Gasteiger partial charge < -0.3 is 10.1 Å². The molecule has 1 atom stereocenters. The second-order valence-electron chi connectivity index (χ2n) is 6.63. The molecule has 0 saturated heterocycles. The number of carbonyl (C=O) groups is 1. The van der Waals surface area contributed by atoms with Crippen LogP contribution in [-0.4, -0.2) is 22.5 Å². The zero-order valence-corrected chi connectivity index (χ0v) is 17.9. The molecule has 1 amide bonds. The largest absolute Gasteiger partial charge is 0.492 e. The normalized spacial score (nSPS) is 11.7. The van der Waals surface area contributed by atoms with E-state index in [4.69, 9.17) is 4.74 Å². The molecule has 1 heterocycles. The van der Waals surface area contributed by atoms with E-state index in [2.05, 4.69) is 15.3 Å². The van der Waals surface area contributed by atoms with Crippen LogP contribution >= 0.6 is 11.8 Å². The number of amides is 1. The molecule has 6 heteroatoms. The average Bonchev–Trinajstić information content (AvgIpc) is 2.72. The molecule has 0 spiro atoms. The number of carbonyl (C=O) groups excluding carboxylic acids is 1. The van der Waals surface area contributed by atoms with Crippen LogP contribution in [0, 0.1) is 20.8 Å². The minimum absolute atomic E-state index is 0.146. The molecule has 0 bridgehead atoms. The lowest BCUT2D eigenvalue weighted by atomic mass is 10.1. The molecular formula is C23H25N3O2S. The Morgan fingerprint density at radius 1 is 1.00 bits per heavy atom. The summed E-state index contributed by atoms with van der Waals surface area (Å²) in [6.07, 6.45) is 0. The van der Waals surface area contributed by atoms with Crippen molar-refractivity contribution in [2.24, 2.45) is 0 Å². The van der Waals surface area contributed by atoms with E-state index in [0.717, 1.165) is 22.5 Å². The van der Waals surface area contributed by atoms with Gasteiger partial charge >= 0.3 is 0 Å². The van der Waals surface area contributed by atoms with E-state index in [1.165, 1.54) is 11.8 Å². The number of ether oxygens (including phenoxy) is 1. The van der Waals surface area contributed by atoms with Crippen LogP contribution in [0.5, 0.6) is 5.75 Å². The fourth-order valence-electron chi connectivity index (χ4n) is 2.85. The van der Waals surface area contributed by atoms with Crippen LogP contribution in [0.2, 0.25) is 0 Å². The SMILES string of the molecule is CCOc1ccccc1NC(=O)[C@H](Sc1nc(C)c(C)c(C)n1)c1ccccc1. The van der Waals surface area contributed by atoms with Crippen LogP contribution in [0.1, 0.15) is 34.7 Å². The van der Waals surface area contributed by atoms with Crippen molar-refractivity contribution in [3.8, 4) is 5.75 Å². The van der Waals surface area contributed by atoms with Crippen LogP contribution in [-0.2, 0) is 4.79 Å². The van der Waals surface area contributed by atoms with E-state index < -0.39 is 5.25 Å². The summed E-state index contributed by atoms with van der Waals surface area (Å²) in [6.45, 7) is 8.37. The molecule has 150 valence electrons. The third kappa shape index (κ3) is 5.15. The number of hydrogen-bond acceptors (Lipinski definition) is 5. The fraction of sp³-hybridized carbons (Fsp3) is 0.261. The van der Waals surface area contributed by atoms with Gasteiger partial charge in [-0.15, -0.1) is 0 Å². The maximum atomic E-state index is 13.3. The second-order valence-corrected chi connectivity index (χ2v) is 7.70. The molecule has 1 N–H and O–H groups in total. The Morgan fingerprint density at radius 3 is 2.28 bits per heavy atom. The Kier molecular flexibility index (Phi) is 6.88. The van der Waals surface area contributed by atoms with E-state index in [1.54, 1.807) is 0 Å². The van der Waals surface area contributed by atoms with Crippen LogP contribution in [0.3, 0.4) is 0 Å². The molecule has 0 aliphatic heterocycles. The maximum absolute atomic E-state index is 13.3. The van der Waals surface area contributed by atoms with E-state index in [9.17, 15) is 4.79 Å². The smallest absolute Gasteiger partial charge is 0.242 e. The molecule has 2 aromatic carbocycles. The number of thioether (sulfide) groups is 1. The summed E-state index contributed by atoms with van der Waals surface area (Å²) in [6, 6.07) is 17.1. The van der Waals surface area contributed by atoms with Gasteiger partial charge in [0.05, 0.1) is 12.3 Å². The number of nitrogens with zero attached hydrogens (tertiary/aromatic N) is 2. The number of aryl methyl sites for hydroxylation is 2. The lowest BCUT2D eigenvalue weighted by Gasteiger charge is -2.18. The number of rotatable bonds is 7. The fourth-order valence-corrected chi connectivity index (χ4v) is 3.90. The first-order valence-electron chi connectivity index (χ1n) is 9.55. The van der Waals surface area contributed by atoms with Crippen molar-refractivity contribution in [2.45, 2.75) is 38.1 Å². The van der Waals surface area contributed by atoms with Crippen LogP contribution in [0.15, 0.2) is 59.8 Å². The van der Waals surface area contributed by atoms with E-state index >= 15 is 0 Å². The number of nitrogens with one attached hydrogen (secondary N) is 1. The highest BCUT2D eigenvalue weighted by atomic mass is 32.2. The van der Waals surface area contributed by atoms with Gasteiger partial charge in [-0.05, 0) is 51.0 Å². The monoisotopic (exact) mass is 407 g/mol. The minimum Gasteiger partial charge on any atom is -0.492 e. The van der Waals surface area contributed by atoms with Gasteiger partial charge in [-0.3, -0.25) is 4.79 Å². The van der Waals surface area contributed by atoms with Gasteiger partial charge in [-0.2, -0.15) is 0 Å². The molecule has 3 rings (SSSR count). The molecule has 0 radical (unpaired) electrons. The van der Waals surface area contributed by atoms with E-state index in [-0.39, 0.29) is 5.91 Å². The summed E-state index contributed by atoms with van der Waals surface area (Å²) < 4.78 is 5.64. The third-order valence-electron chi connectivity index (χ3n) is 4.62. The molecule has 0 aliphatic rings. The Balaban J connectivity index is 1.91. The van der Waals surface area contributed by atoms with Crippen LogP contribution in [0.4, 0.5) is 5.69 Å². The van der Waals surface area contributed by atoms with Gasteiger partial charge in [0.25, 0.3) is 0 Å². The molecule has 0 fully saturated rings. The van der Waals surface area contributed by atoms with Crippen molar-refractivity contribution in [1.29, 1.82) is 0 Å². The molecule has 0 aliphatic carbocycles. The van der Waals surface area contributed by atoms with Gasteiger partial charge in [0.1, 0.15) is 11.0 Å². The van der Waals surface area contributed by atoms with Crippen LogP contribution < -0.4 is 10.1 Å². The first-order chi connectivity index (χ1) is 14.0. The molecule has 0 unspecified atom stereocenters. The number of aromatic nitrogens is 2. The van der Waals surface area contributed by atoms with Crippen molar-refractivity contribution >= 4 is 23.4 Å². The summed E-state index contributed by atoms with van der Waals surface area (Å²) in [5, 5.41) is 3.11. The Morgan fingerprint density at radius 2 is 1.62 bits per heavy atom. The highest BCUT2D eigenvalue weighted by molar-refractivity contribution is 8.00. The van der Waals surface area contributed by atoms with E-state index in [0.29, 0.717) is 23.2 Å². The number of hydrogen-bond donors (Lipinski definition) is 1. The number of para-hydroxylation sites is 2. The van der Waals surface area contributed by atoms with Gasteiger partial charge in [-0.25, -0.2) is 9.97 Å². The number of anilines is 1. The Bertz CT molecular complexity index is 969. The highest BCUT2D eigenvalue weighted by Crippen LogP contribution is 2.36. The van der Waals surface area contributed by atoms with Gasteiger partial charge in [0.15, 0.2) is 5.16 Å². The van der Waals surface area contributed by atoms with E-state index in [1.807, 2.05) is 82.3 Å². The quantitative estimate of drug-likeness (QED) is 0.427. The molecule has 5 nitrogen and oxygen atoms in total. The number of benzene rings is 2. The summed E-state index contributed by atoms with van der Waals surface area (Å²) in [5.41, 5.74) is 4.46. The van der Waals surface area contributed by atoms with Gasteiger partial charge in [0, 0.05) is 11.4 Å². The molecule has 0 saturated carbocycles. The predicted molar refractivity (Wildman–Crippen MR) is 118 cm³/mol. The first-order valence-corrected chi connectivity index (χ1v) is 10.4. The molecule has 1 aromatic heterocycles. The standard InChI is InChI=1S/C23H25N3O2S/c1-5-28-20-14-10-9-13-19(20)26-22(27)21(18-11-7-6-8-12-18)29-23-24-16(3)15(2)17(4)25-23/h6-14,21H,5H2,1-4H3,(H,26,27)/t21-/m1/s1. The zero-order chi connectivity index (χ0) is 20.8. The van der Waals surface area contributed by atoms with Gasteiger partial charge in [0.2, 0.25) is 5.91 Å². The lowest BCUT2D eigenvalue weighted by Crippen LogP contribution is -2.20. The van der Waals surface area contributed by atoms with Crippen molar-refractivity contribution in [3.05, 3.63) is 77.1 Å². The molecule has 3 aromatic rings. The third-order valence-corrected chi connectivity index (χ3v) is 5.74. The van der Waals surface area contributed by atoms with Crippen molar-refractivity contribution in [3.63, 3.8) is 0 Å². The lowest BCUT2D eigenvalue weighted by molar-refractivity contribution is -0.115. The highest BCUT2D eigenvalue weighted by Gasteiger charge is 2.25. The summed E-state index contributed by atoms with van der Waals surface area (Å²) in [4.78, 5) is 22.4. The van der Waals surface area contributed by atoms with Crippen molar-refractivity contribution in [1.82, 2.24) is 9.97 Å². The maximum Gasteiger partial charge on any atom is 0.242 e. The van der Waals surface area contributed by atoms with Crippen LogP contribution in [0.25, 0.3) is 0 Å². The summed E-state index contributed by atoms with van der Waals surface area (Å²) >= 11 is 1.35. The second kappa shape index (κ2) is 9.56.